The van der Waals surface area contributed by atoms with Gasteiger partial charge in [0.25, 0.3) is 0 Å². The molecule has 0 aliphatic heterocycles. The van der Waals surface area contributed by atoms with E-state index in [4.69, 9.17) is 5.11 Å². The predicted molar refractivity (Wildman–Crippen MR) is 53.3 cm³/mol. The van der Waals surface area contributed by atoms with E-state index in [2.05, 4.69) is 9.97 Å². The summed E-state index contributed by atoms with van der Waals surface area (Å²) in [6, 6.07) is 0. The maximum absolute atomic E-state index is 10.6. The Labute approximate surface area is 83.4 Å². The highest BCUT2D eigenvalue weighted by atomic mass is 16.4. The van der Waals surface area contributed by atoms with Crippen LogP contribution < -0.4 is 0 Å². The molecule has 78 valence electrons. The summed E-state index contributed by atoms with van der Waals surface area (Å²) in [4.78, 5) is 18.1. The zero-order valence-electron chi connectivity index (χ0n) is 9.01. The Kier molecular flexibility index (Phi) is 2.64. The Hall–Kier alpha value is -1.32. The highest BCUT2D eigenvalue weighted by Crippen LogP contribution is 2.25. The molecule has 0 fully saturated rings. The normalized spacial score (nSPS) is 11.7. The van der Waals surface area contributed by atoms with Crippen molar-refractivity contribution >= 4 is 5.97 Å². The number of aliphatic carboxylic acids is 1. The van der Waals surface area contributed by atoms with E-state index in [0.29, 0.717) is 0 Å². The molecule has 1 rings (SSSR count). The van der Waals surface area contributed by atoms with Crippen molar-refractivity contribution < 1.29 is 9.90 Å². The number of imidazole rings is 1. The first-order valence-electron chi connectivity index (χ1n) is 4.58. The van der Waals surface area contributed by atoms with Gasteiger partial charge in [0.1, 0.15) is 5.82 Å². The molecule has 0 saturated heterocycles. The van der Waals surface area contributed by atoms with Gasteiger partial charge in [-0.15, -0.1) is 0 Å². The first-order valence-corrected chi connectivity index (χ1v) is 4.58. The lowest BCUT2D eigenvalue weighted by Gasteiger charge is -2.19. The molecule has 1 aromatic rings. The molecule has 0 atom stereocenters. The summed E-state index contributed by atoms with van der Waals surface area (Å²) in [5.74, 6) is -0.0587. The standard InChI is InChI=1S/C10H16N2O2/c1-6-7(2)12-9(11-6)10(3,4)5-8(13)14/h5H2,1-4H3,(H,11,12)(H,13,14). The van der Waals surface area contributed by atoms with Gasteiger partial charge >= 0.3 is 5.97 Å². The number of carbonyl (C=O) groups is 1. The number of hydrogen-bond acceptors (Lipinski definition) is 2. The van der Waals surface area contributed by atoms with E-state index in [0.717, 1.165) is 17.2 Å². The van der Waals surface area contributed by atoms with Crippen molar-refractivity contribution in [1.82, 2.24) is 9.97 Å². The van der Waals surface area contributed by atoms with Crippen LogP contribution >= 0.6 is 0 Å². The molecule has 0 unspecified atom stereocenters. The van der Waals surface area contributed by atoms with Gasteiger partial charge in [0.15, 0.2) is 0 Å². The molecule has 0 aliphatic carbocycles. The molecule has 0 radical (unpaired) electrons. The maximum Gasteiger partial charge on any atom is 0.304 e. The SMILES string of the molecule is Cc1nc(C(C)(C)CC(=O)O)[nH]c1C. The molecule has 0 aromatic carbocycles. The highest BCUT2D eigenvalue weighted by molar-refractivity contribution is 5.68. The Morgan fingerprint density at radius 1 is 1.50 bits per heavy atom. The van der Waals surface area contributed by atoms with E-state index in [1.807, 2.05) is 27.7 Å². The lowest BCUT2D eigenvalue weighted by Crippen LogP contribution is -2.23. The fourth-order valence-corrected chi connectivity index (χ4v) is 1.33. The highest BCUT2D eigenvalue weighted by Gasteiger charge is 2.27. The average molecular weight is 196 g/mol. The molecule has 1 heterocycles. The number of nitrogens with zero attached hydrogens (tertiary/aromatic N) is 1. The van der Waals surface area contributed by atoms with Gasteiger partial charge in [-0.3, -0.25) is 4.79 Å². The van der Waals surface area contributed by atoms with Gasteiger partial charge in [-0.2, -0.15) is 0 Å². The number of aryl methyl sites for hydroxylation is 2. The third-order valence-electron chi connectivity index (χ3n) is 2.36. The molecule has 0 saturated carbocycles. The van der Waals surface area contributed by atoms with Gasteiger partial charge in [0, 0.05) is 11.1 Å². The molecular formula is C10H16N2O2. The lowest BCUT2D eigenvalue weighted by molar-refractivity contribution is -0.138. The van der Waals surface area contributed by atoms with Gasteiger partial charge in [-0.25, -0.2) is 4.98 Å². The van der Waals surface area contributed by atoms with Crippen LogP contribution in [0.3, 0.4) is 0 Å². The van der Waals surface area contributed by atoms with Crippen LogP contribution in [0, 0.1) is 13.8 Å². The molecule has 4 heteroatoms. The maximum atomic E-state index is 10.6. The second-order valence-electron chi connectivity index (χ2n) is 4.25. The van der Waals surface area contributed by atoms with Crippen LogP contribution in [-0.2, 0) is 10.2 Å². The number of aromatic amines is 1. The molecule has 0 amide bonds. The third-order valence-corrected chi connectivity index (χ3v) is 2.36. The molecule has 4 nitrogen and oxygen atoms in total. The zero-order chi connectivity index (χ0) is 10.9. The van der Waals surface area contributed by atoms with Crippen LogP contribution in [0.2, 0.25) is 0 Å². The molecule has 14 heavy (non-hydrogen) atoms. The summed E-state index contributed by atoms with van der Waals surface area (Å²) in [5.41, 5.74) is 1.49. The lowest BCUT2D eigenvalue weighted by atomic mass is 9.88. The smallest absolute Gasteiger partial charge is 0.304 e. The second-order valence-corrected chi connectivity index (χ2v) is 4.25. The fourth-order valence-electron chi connectivity index (χ4n) is 1.33. The molecule has 2 N–H and O–H groups in total. The monoisotopic (exact) mass is 196 g/mol. The molecular weight excluding hydrogens is 180 g/mol. The minimum atomic E-state index is -0.804. The van der Waals surface area contributed by atoms with Gasteiger partial charge in [-0.1, -0.05) is 13.8 Å². The van der Waals surface area contributed by atoms with E-state index < -0.39 is 11.4 Å². The minimum absolute atomic E-state index is 0.0827. The van der Waals surface area contributed by atoms with Crippen LogP contribution in [0.4, 0.5) is 0 Å². The van der Waals surface area contributed by atoms with E-state index in [-0.39, 0.29) is 6.42 Å². The number of H-pyrrole nitrogens is 1. The second kappa shape index (κ2) is 3.44. The van der Waals surface area contributed by atoms with Crippen molar-refractivity contribution in [2.45, 2.75) is 39.5 Å². The minimum Gasteiger partial charge on any atom is -0.481 e. The number of hydrogen-bond donors (Lipinski definition) is 2. The summed E-state index contributed by atoms with van der Waals surface area (Å²) in [6.45, 7) is 7.59. The van der Waals surface area contributed by atoms with Crippen LogP contribution in [0.15, 0.2) is 0 Å². The zero-order valence-corrected chi connectivity index (χ0v) is 9.01. The summed E-state index contributed by atoms with van der Waals surface area (Å²) >= 11 is 0. The fraction of sp³-hybridized carbons (Fsp3) is 0.600. The van der Waals surface area contributed by atoms with Crippen molar-refractivity contribution in [3.63, 3.8) is 0 Å². The van der Waals surface area contributed by atoms with Crippen LogP contribution in [0.25, 0.3) is 0 Å². The van der Waals surface area contributed by atoms with Gasteiger partial charge in [-0.05, 0) is 13.8 Å². The Morgan fingerprint density at radius 2 is 2.07 bits per heavy atom. The van der Waals surface area contributed by atoms with Gasteiger partial charge < -0.3 is 10.1 Å². The summed E-state index contributed by atoms with van der Waals surface area (Å²) < 4.78 is 0. The Balaban J connectivity index is 2.97. The van der Waals surface area contributed by atoms with E-state index in [9.17, 15) is 4.79 Å². The van der Waals surface area contributed by atoms with Crippen LogP contribution in [0.1, 0.15) is 37.5 Å². The van der Waals surface area contributed by atoms with Gasteiger partial charge in [0.2, 0.25) is 0 Å². The topological polar surface area (TPSA) is 66.0 Å². The van der Waals surface area contributed by atoms with Gasteiger partial charge in [0.05, 0.1) is 12.1 Å². The summed E-state index contributed by atoms with van der Waals surface area (Å²) in [6.07, 6.45) is 0.0827. The average Bonchev–Trinajstić information content (AvgIpc) is 2.30. The largest absolute Gasteiger partial charge is 0.481 e. The van der Waals surface area contributed by atoms with Crippen molar-refractivity contribution in [1.29, 1.82) is 0 Å². The molecule has 0 aliphatic rings. The van der Waals surface area contributed by atoms with Crippen molar-refractivity contribution in [3.8, 4) is 0 Å². The number of carboxylic acids is 1. The first-order chi connectivity index (χ1) is 6.33. The Bertz CT molecular complexity index is 334. The number of rotatable bonds is 3. The number of nitrogens with one attached hydrogen (secondary N) is 1. The van der Waals surface area contributed by atoms with E-state index in [1.54, 1.807) is 0 Å². The quantitative estimate of drug-likeness (QED) is 0.774. The third kappa shape index (κ3) is 2.13. The summed E-state index contributed by atoms with van der Waals surface area (Å²) in [7, 11) is 0. The van der Waals surface area contributed by atoms with Crippen molar-refractivity contribution in [2.75, 3.05) is 0 Å². The van der Waals surface area contributed by atoms with E-state index in [1.165, 1.54) is 0 Å². The molecule has 1 aromatic heterocycles. The van der Waals surface area contributed by atoms with Crippen molar-refractivity contribution in [3.05, 3.63) is 17.2 Å². The summed E-state index contributed by atoms with van der Waals surface area (Å²) in [5, 5.41) is 8.74. The number of aromatic nitrogens is 2. The molecule has 0 spiro atoms. The van der Waals surface area contributed by atoms with E-state index >= 15 is 0 Å². The number of carboxylic acid groups (broad SMARTS) is 1. The van der Waals surface area contributed by atoms with Crippen LogP contribution in [-0.4, -0.2) is 21.0 Å². The van der Waals surface area contributed by atoms with Crippen LogP contribution in [0.5, 0.6) is 0 Å². The predicted octanol–water partition coefficient (Wildman–Crippen LogP) is 1.78. The molecule has 0 bridgehead atoms. The Morgan fingerprint density at radius 3 is 2.43 bits per heavy atom. The van der Waals surface area contributed by atoms with Crippen molar-refractivity contribution in [2.24, 2.45) is 0 Å². The first kappa shape index (κ1) is 10.8.